The van der Waals surface area contributed by atoms with Gasteiger partial charge in [-0.1, -0.05) is 13.2 Å². The number of hydrogen-bond donors (Lipinski definition) is 1. The number of benzene rings is 1. The summed E-state index contributed by atoms with van der Waals surface area (Å²) in [5.41, 5.74) is 1.32. The molecule has 1 aliphatic carbocycles. The third-order valence-electron chi connectivity index (χ3n) is 3.13. The fourth-order valence-corrected chi connectivity index (χ4v) is 1.80. The fourth-order valence-electron chi connectivity index (χ4n) is 1.80. The Bertz CT molecular complexity index is 475. The molecule has 0 unspecified atom stereocenters. The Morgan fingerprint density at radius 3 is 2.35 bits per heavy atom. The number of nitrogens with zero attached hydrogens (tertiary/aromatic N) is 1. The molecule has 0 saturated heterocycles. The lowest BCUT2D eigenvalue weighted by atomic mass is 10.00. The van der Waals surface area contributed by atoms with Crippen LogP contribution in [0, 0.1) is 16.1 Å². The van der Waals surface area contributed by atoms with E-state index < -0.39 is 5.41 Å². The molecular formula is C13H13FN2O. The molecule has 4 heteroatoms. The maximum atomic E-state index is 12.7. The molecule has 0 heterocycles. The lowest BCUT2D eigenvalue weighted by molar-refractivity contribution is 0.628. The van der Waals surface area contributed by atoms with Gasteiger partial charge in [-0.05, 0) is 42.3 Å². The molecule has 1 aromatic carbocycles. The highest BCUT2D eigenvalue weighted by Crippen LogP contribution is 2.56. The van der Waals surface area contributed by atoms with Gasteiger partial charge in [0.25, 0.3) is 0 Å². The predicted octanol–water partition coefficient (Wildman–Crippen LogP) is 3.81. The van der Waals surface area contributed by atoms with E-state index in [9.17, 15) is 9.30 Å². The van der Waals surface area contributed by atoms with Crippen molar-refractivity contribution in [3.63, 3.8) is 0 Å². The molecule has 1 aliphatic rings. The van der Waals surface area contributed by atoms with E-state index in [0.29, 0.717) is 11.4 Å². The van der Waals surface area contributed by atoms with E-state index >= 15 is 0 Å². The van der Waals surface area contributed by atoms with Crippen LogP contribution in [0.5, 0.6) is 0 Å². The van der Waals surface area contributed by atoms with Crippen molar-refractivity contribution in [1.29, 1.82) is 0 Å². The molecule has 1 aromatic rings. The fraction of sp³-hybridized carbons (Fsp3) is 0.231. The van der Waals surface area contributed by atoms with Crippen LogP contribution in [0.25, 0.3) is 0 Å². The highest BCUT2D eigenvalue weighted by Gasteiger charge is 2.49. The molecular weight excluding hydrogens is 219 g/mol. The van der Waals surface area contributed by atoms with E-state index in [1.807, 2.05) is 0 Å². The minimum Gasteiger partial charge on any atom is -0.359 e. The van der Waals surface area contributed by atoms with Crippen LogP contribution in [-0.4, -0.2) is 0 Å². The van der Waals surface area contributed by atoms with Gasteiger partial charge in [-0.25, -0.2) is 4.39 Å². The average molecular weight is 232 g/mol. The summed E-state index contributed by atoms with van der Waals surface area (Å²) < 4.78 is 12.7. The van der Waals surface area contributed by atoms with Crippen LogP contribution in [0.1, 0.15) is 12.8 Å². The van der Waals surface area contributed by atoms with Crippen LogP contribution in [0.15, 0.2) is 54.0 Å². The summed E-state index contributed by atoms with van der Waals surface area (Å²) in [6, 6.07) is 5.96. The van der Waals surface area contributed by atoms with E-state index in [-0.39, 0.29) is 5.82 Å². The van der Waals surface area contributed by atoms with Gasteiger partial charge in [-0.2, -0.15) is 0 Å². The lowest BCUT2D eigenvalue weighted by Gasteiger charge is -2.18. The second-order valence-electron chi connectivity index (χ2n) is 4.23. The Kier molecular flexibility index (Phi) is 2.79. The van der Waals surface area contributed by atoms with Gasteiger partial charge < -0.3 is 5.32 Å². The van der Waals surface area contributed by atoms with E-state index in [0.717, 1.165) is 18.5 Å². The molecule has 0 amide bonds. The average Bonchev–Trinajstić information content (AvgIpc) is 3.12. The van der Waals surface area contributed by atoms with E-state index in [4.69, 9.17) is 0 Å². The second-order valence-corrected chi connectivity index (χ2v) is 4.23. The number of rotatable bonds is 5. The highest BCUT2D eigenvalue weighted by molar-refractivity contribution is 5.51. The topological polar surface area (TPSA) is 41.5 Å². The van der Waals surface area contributed by atoms with Crippen molar-refractivity contribution in [2.75, 3.05) is 5.32 Å². The molecule has 1 fully saturated rings. The highest BCUT2D eigenvalue weighted by atomic mass is 19.1. The van der Waals surface area contributed by atoms with E-state index in [2.05, 4.69) is 23.7 Å². The van der Waals surface area contributed by atoms with Crippen LogP contribution in [0.2, 0.25) is 0 Å². The molecule has 2 rings (SSSR count). The molecule has 0 radical (unpaired) electrons. The molecule has 3 nitrogen and oxygen atoms in total. The van der Waals surface area contributed by atoms with Gasteiger partial charge in [-0.15, -0.1) is 4.91 Å². The molecule has 0 bridgehead atoms. The Morgan fingerprint density at radius 1 is 1.29 bits per heavy atom. The second kappa shape index (κ2) is 4.13. The van der Waals surface area contributed by atoms with Crippen molar-refractivity contribution in [3.05, 3.63) is 59.5 Å². The normalized spacial score (nSPS) is 16.1. The molecule has 0 aliphatic heterocycles. The van der Waals surface area contributed by atoms with Gasteiger partial charge in [0.05, 0.1) is 11.1 Å². The third kappa shape index (κ3) is 2.11. The predicted molar refractivity (Wildman–Crippen MR) is 65.8 cm³/mol. The van der Waals surface area contributed by atoms with Gasteiger partial charge in [-0.3, -0.25) is 0 Å². The summed E-state index contributed by atoms with van der Waals surface area (Å²) in [4.78, 5) is 10.5. The zero-order valence-corrected chi connectivity index (χ0v) is 9.37. The Morgan fingerprint density at radius 2 is 1.88 bits per heavy atom. The minimum atomic E-state index is -0.407. The molecule has 1 N–H and O–H groups in total. The van der Waals surface area contributed by atoms with Crippen molar-refractivity contribution in [1.82, 2.24) is 0 Å². The summed E-state index contributed by atoms with van der Waals surface area (Å²) in [6.45, 7) is 7.56. The summed E-state index contributed by atoms with van der Waals surface area (Å²) in [5, 5.41) is 5.96. The number of nitroso groups, excluding NO2 is 1. The standard InChI is InChI=1S/C13H13FN2O/c1-9(13(7-8-13)10(2)16-17)15-12-5-3-11(14)4-6-12/h3-6,15H,1-2,7-8H2. The molecule has 0 atom stereocenters. The Hall–Kier alpha value is -1.97. The molecule has 0 aromatic heterocycles. The quantitative estimate of drug-likeness (QED) is 0.784. The Labute approximate surface area is 99.0 Å². The number of hydrogen-bond acceptors (Lipinski definition) is 3. The van der Waals surface area contributed by atoms with Crippen molar-refractivity contribution in [2.24, 2.45) is 10.6 Å². The van der Waals surface area contributed by atoms with Gasteiger partial charge in [0.1, 0.15) is 5.82 Å². The Balaban J connectivity index is 2.10. The molecule has 17 heavy (non-hydrogen) atoms. The minimum absolute atomic E-state index is 0.290. The summed E-state index contributed by atoms with van der Waals surface area (Å²) in [6.07, 6.45) is 1.65. The SMILES string of the molecule is C=C(N=O)C1(C(=C)Nc2ccc(F)cc2)CC1. The van der Waals surface area contributed by atoms with Gasteiger partial charge in [0, 0.05) is 11.4 Å². The third-order valence-corrected chi connectivity index (χ3v) is 3.13. The van der Waals surface area contributed by atoms with Gasteiger partial charge in [0.15, 0.2) is 0 Å². The lowest BCUT2D eigenvalue weighted by Crippen LogP contribution is -2.13. The van der Waals surface area contributed by atoms with Crippen LogP contribution in [0.4, 0.5) is 10.1 Å². The number of anilines is 1. The maximum absolute atomic E-state index is 12.7. The van der Waals surface area contributed by atoms with Crippen LogP contribution >= 0.6 is 0 Å². The van der Waals surface area contributed by atoms with Crippen LogP contribution in [-0.2, 0) is 0 Å². The van der Waals surface area contributed by atoms with Crippen LogP contribution < -0.4 is 5.32 Å². The van der Waals surface area contributed by atoms with Crippen molar-refractivity contribution >= 4 is 5.69 Å². The zero-order chi connectivity index (χ0) is 12.5. The van der Waals surface area contributed by atoms with Gasteiger partial charge in [0.2, 0.25) is 0 Å². The molecule has 0 spiro atoms. The molecule has 88 valence electrons. The maximum Gasteiger partial charge on any atom is 0.123 e. The van der Waals surface area contributed by atoms with Crippen molar-refractivity contribution < 1.29 is 4.39 Å². The first kappa shape index (κ1) is 11.5. The summed E-state index contributed by atoms with van der Waals surface area (Å²) in [5.74, 6) is -0.290. The first-order valence-electron chi connectivity index (χ1n) is 5.33. The first-order chi connectivity index (χ1) is 8.08. The van der Waals surface area contributed by atoms with Gasteiger partial charge >= 0.3 is 0 Å². The summed E-state index contributed by atoms with van der Waals surface area (Å²) in [7, 11) is 0. The van der Waals surface area contributed by atoms with Crippen molar-refractivity contribution in [2.45, 2.75) is 12.8 Å². The van der Waals surface area contributed by atoms with Crippen molar-refractivity contribution in [3.8, 4) is 0 Å². The number of halogens is 1. The first-order valence-corrected chi connectivity index (χ1v) is 5.33. The van der Waals surface area contributed by atoms with Crippen LogP contribution in [0.3, 0.4) is 0 Å². The number of nitrogens with one attached hydrogen (secondary N) is 1. The van der Waals surface area contributed by atoms with E-state index in [1.54, 1.807) is 12.1 Å². The smallest absolute Gasteiger partial charge is 0.123 e. The molecule has 1 saturated carbocycles. The zero-order valence-electron chi connectivity index (χ0n) is 9.37. The van der Waals surface area contributed by atoms with E-state index in [1.165, 1.54) is 12.1 Å². The monoisotopic (exact) mass is 232 g/mol. The summed E-state index contributed by atoms with van der Waals surface area (Å²) >= 11 is 0. The largest absolute Gasteiger partial charge is 0.359 e.